The minimum absolute atomic E-state index is 0.0273. The van der Waals surface area contributed by atoms with E-state index in [0.29, 0.717) is 12.8 Å². The van der Waals surface area contributed by atoms with E-state index < -0.39 is 18.1 Å². The molecule has 2 unspecified atom stereocenters. The molecule has 0 amide bonds. The lowest BCUT2D eigenvalue weighted by Crippen LogP contribution is -2.55. The molecule has 0 aliphatic rings. The van der Waals surface area contributed by atoms with Crippen LogP contribution >= 0.6 is 0 Å². The molecule has 0 fully saturated rings. The Hall–Kier alpha value is -2.45. The minimum Gasteiger partial charge on any atom is -0.544 e. The number of rotatable bonds is 38. The van der Waals surface area contributed by atoms with Crippen LogP contribution in [0, 0.1) is 0 Å². The molecule has 0 aromatic heterocycles. The zero-order chi connectivity index (χ0) is 39.3. The monoisotopic (exact) mass is 748 g/mol. The van der Waals surface area contributed by atoms with Crippen LogP contribution in [0.25, 0.3) is 0 Å². The quantitative estimate of drug-likeness (QED) is 0.0268. The molecule has 0 N–H and O–H groups in total. The van der Waals surface area contributed by atoms with Gasteiger partial charge in [-0.25, -0.2) is 0 Å². The van der Waals surface area contributed by atoms with Gasteiger partial charge in [0, 0.05) is 19.3 Å². The van der Waals surface area contributed by atoms with Crippen LogP contribution in [-0.2, 0) is 28.6 Å². The highest BCUT2D eigenvalue weighted by molar-refractivity contribution is 5.70. The third-order valence-electron chi connectivity index (χ3n) is 9.53. The van der Waals surface area contributed by atoms with Crippen molar-refractivity contribution in [3.63, 3.8) is 0 Å². The Bertz CT molecular complexity index is 968. The molecular formula is C45H81NO7. The summed E-state index contributed by atoms with van der Waals surface area (Å²) in [7, 11) is 5.39. The number of quaternary nitrogens is 1. The van der Waals surface area contributed by atoms with E-state index in [2.05, 4.69) is 50.3 Å². The maximum atomic E-state index is 12.7. The zero-order valence-electron chi connectivity index (χ0n) is 34.9. The smallest absolute Gasteiger partial charge is 0.306 e. The van der Waals surface area contributed by atoms with E-state index in [9.17, 15) is 19.5 Å². The molecule has 0 aliphatic heterocycles. The molecule has 2 atom stereocenters. The Kier molecular flexibility index (Phi) is 34.8. The van der Waals surface area contributed by atoms with E-state index in [4.69, 9.17) is 14.2 Å². The Labute approximate surface area is 325 Å². The van der Waals surface area contributed by atoms with E-state index in [1.54, 1.807) is 21.1 Å². The van der Waals surface area contributed by atoms with Gasteiger partial charge in [-0.1, -0.05) is 153 Å². The summed E-state index contributed by atoms with van der Waals surface area (Å²) in [6.07, 6.45) is 40.3. The summed E-state index contributed by atoms with van der Waals surface area (Å²) in [5.41, 5.74) is 0. The molecule has 8 nitrogen and oxygen atoms in total. The predicted octanol–water partition coefficient (Wildman–Crippen LogP) is 10.1. The number of likely N-dealkylation sites (N-methyl/N-ethyl adjacent to an activating group) is 1. The fraction of sp³-hybridized carbons (Fsp3) is 0.800. The Morgan fingerprint density at radius 3 is 1.53 bits per heavy atom. The van der Waals surface area contributed by atoms with Crippen LogP contribution in [0.3, 0.4) is 0 Å². The van der Waals surface area contributed by atoms with Gasteiger partial charge in [-0.3, -0.25) is 9.59 Å². The molecule has 0 aliphatic carbocycles. The molecule has 53 heavy (non-hydrogen) atoms. The summed E-state index contributed by atoms with van der Waals surface area (Å²) >= 11 is 0. The van der Waals surface area contributed by atoms with Crippen molar-refractivity contribution in [2.24, 2.45) is 0 Å². The lowest BCUT2D eigenvalue weighted by Gasteiger charge is -2.34. The van der Waals surface area contributed by atoms with Crippen molar-refractivity contribution in [1.82, 2.24) is 0 Å². The second-order valence-electron chi connectivity index (χ2n) is 15.6. The van der Waals surface area contributed by atoms with Gasteiger partial charge in [-0.05, 0) is 44.9 Å². The number of unbranched alkanes of at least 4 members (excludes halogenated alkanes) is 18. The third kappa shape index (κ3) is 35.0. The maximum absolute atomic E-state index is 12.7. The predicted molar refractivity (Wildman–Crippen MR) is 217 cm³/mol. The summed E-state index contributed by atoms with van der Waals surface area (Å²) in [6, 6.07) is -0.730. The van der Waals surface area contributed by atoms with Crippen molar-refractivity contribution < 1.29 is 38.2 Å². The summed E-state index contributed by atoms with van der Waals surface area (Å²) in [5.74, 6) is -1.80. The molecule has 308 valence electrons. The lowest BCUT2D eigenvalue weighted by atomic mass is 10.0. The molecule has 0 rings (SSSR count). The van der Waals surface area contributed by atoms with E-state index in [1.165, 1.54) is 103 Å². The number of nitrogens with zero attached hydrogens (tertiary/aromatic N) is 1. The van der Waals surface area contributed by atoms with Crippen molar-refractivity contribution in [1.29, 1.82) is 0 Å². The van der Waals surface area contributed by atoms with E-state index in [0.717, 1.165) is 38.5 Å². The number of hydrogen-bond acceptors (Lipinski definition) is 7. The van der Waals surface area contributed by atoms with E-state index >= 15 is 0 Å². The molecule has 0 saturated carbocycles. The first-order chi connectivity index (χ1) is 25.6. The maximum Gasteiger partial charge on any atom is 0.306 e. The fourth-order valence-corrected chi connectivity index (χ4v) is 6.14. The highest BCUT2D eigenvalue weighted by Gasteiger charge is 2.25. The number of allylic oxidation sites excluding steroid dienone is 6. The van der Waals surface area contributed by atoms with Crippen molar-refractivity contribution in [3.05, 3.63) is 36.5 Å². The molecule has 0 bridgehead atoms. The first kappa shape index (κ1) is 50.5. The second-order valence-corrected chi connectivity index (χ2v) is 15.6. The van der Waals surface area contributed by atoms with Crippen LogP contribution in [-0.4, -0.2) is 75.5 Å². The molecule has 0 aromatic rings. The van der Waals surface area contributed by atoms with Gasteiger partial charge in [0.25, 0.3) is 0 Å². The summed E-state index contributed by atoms with van der Waals surface area (Å²) in [5, 5.41) is 11.6. The number of carboxylic acid groups (broad SMARTS) is 1. The minimum atomic E-state index is -1.13. The van der Waals surface area contributed by atoms with Gasteiger partial charge >= 0.3 is 11.9 Å². The Morgan fingerprint density at radius 2 is 1.02 bits per heavy atom. The number of esters is 2. The summed E-state index contributed by atoms with van der Waals surface area (Å²) in [4.78, 5) is 36.7. The van der Waals surface area contributed by atoms with Gasteiger partial charge in [-0.2, -0.15) is 0 Å². The zero-order valence-corrected chi connectivity index (χ0v) is 34.9. The van der Waals surface area contributed by atoms with E-state index in [1.807, 2.05) is 0 Å². The Morgan fingerprint density at radius 1 is 0.566 bits per heavy atom. The number of carbonyl (C=O) groups is 3. The van der Waals surface area contributed by atoms with Crippen LogP contribution in [0.4, 0.5) is 0 Å². The molecule has 0 spiro atoms. The summed E-state index contributed by atoms with van der Waals surface area (Å²) in [6.45, 7) is 4.60. The van der Waals surface area contributed by atoms with Gasteiger partial charge in [0.15, 0.2) is 6.10 Å². The topological polar surface area (TPSA) is 102 Å². The molecule has 0 radical (unpaired) electrons. The lowest BCUT2D eigenvalue weighted by molar-refractivity contribution is -0.889. The van der Waals surface area contributed by atoms with Crippen molar-refractivity contribution in [2.75, 3.05) is 41.0 Å². The number of aliphatic carboxylic acids is 1. The SMILES string of the molecule is CCCCCCCC/C=C/C/C=C/C/C=C/CCCC(=O)OCC(COCCC(C(=O)[O-])[N+](C)(C)C)OC(=O)CCCCCCCCCCCCCC. The van der Waals surface area contributed by atoms with Crippen LogP contribution in [0.15, 0.2) is 36.5 Å². The van der Waals surface area contributed by atoms with Crippen LogP contribution in [0.1, 0.15) is 181 Å². The number of carboxylic acids is 1. The highest BCUT2D eigenvalue weighted by Crippen LogP contribution is 2.14. The molecule has 0 saturated heterocycles. The van der Waals surface area contributed by atoms with Gasteiger partial charge in [0.1, 0.15) is 12.6 Å². The van der Waals surface area contributed by atoms with Crippen molar-refractivity contribution in [2.45, 2.75) is 193 Å². The fourth-order valence-electron chi connectivity index (χ4n) is 6.14. The van der Waals surface area contributed by atoms with Crippen LogP contribution < -0.4 is 5.11 Å². The molecule has 0 heterocycles. The standard InChI is InChI=1S/C45H81NO7/c1-6-8-10-12-14-16-18-20-21-22-23-24-26-27-29-31-33-35-43(47)52-40-41(39-51-38-37-42(45(49)50)46(3,4)5)53-44(48)36-34-32-30-28-25-19-17-15-13-11-9-7-2/h20-21,23-24,27,29,41-42H,6-19,22,25-26,28,30-40H2,1-5H3/b21-20+,24-23+,29-27+. The summed E-state index contributed by atoms with van der Waals surface area (Å²) < 4.78 is 17.1. The van der Waals surface area contributed by atoms with Gasteiger partial charge in [-0.15, -0.1) is 0 Å². The van der Waals surface area contributed by atoms with Gasteiger partial charge < -0.3 is 28.6 Å². The highest BCUT2D eigenvalue weighted by atomic mass is 16.6. The first-order valence-electron chi connectivity index (χ1n) is 21.5. The number of ether oxygens (including phenoxy) is 3. The number of carbonyl (C=O) groups excluding carboxylic acids is 3. The average Bonchev–Trinajstić information content (AvgIpc) is 3.11. The van der Waals surface area contributed by atoms with Crippen molar-refractivity contribution >= 4 is 17.9 Å². The Balaban J connectivity index is 4.43. The third-order valence-corrected chi connectivity index (χ3v) is 9.53. The largest absolute Gasteiger partial charge is 0.544 e. The van der Waals surface area contributed by atoms with Crippen LogP contribution in [0.5, 0.6) is 0 Å². The van der Waals surface area contributed by atoms with E-state index in [-0.39, 0.29) is 49.1 Å². The molecular weight excluding hydrogens is 666 g/mol. The molecule has 0 aromatic carbocycles. The van der Waals surface area contributed by atoms with Crippen molar-refractivity contribution in [3.8, 4) is 0 Å². The number of hydrogen-bond donors (Lipinski definition) is 0. The van der Waals surface area contributed by atoms with Crippen LogP contribution in [0.2, 0.25) is 0 Å². The normalized spacial score (nSPS) is 13.3. The van der Waals surface area contributed by atoms with Gasteiger partial charge in [0.2, 0.25) is 0 Å². The molecule has 8 heteroatoms. The van der Waals surface area contributed by atoms with Gasteiger partial charge in [0.05, 0.1) is 40.3 Å². The average molecular weight is 748 g/mol. The first-order valence-corrected chi connectivity index (χ1v) is 21.5. The second kappa shape index (κ2) is 36.5.